The third-order valence-electron chi connectivity index (χ3n) is 5.28. The number of hydrogen-bond acceptors (Lipinski definition) is 9. The summed E-state index contributed by atoms with van der Waals surface area (Å²) in [6, 6.07) is 2.75. The summed E-state index contributed by atoms with van der Waals surface area (Å²) in [4.78, 5) is 14.9. The number of rotatable bonds is 6. The molecule has 1 saturated heterocycles. The molecule has 0 aromatic heterocycles. The quantitative estimate of drug-likeness (QED) is 0.289. The van der Waals surface area contributed by atoms with E-state index in [0.717, 1.165) is 31.9 Å². The summed E-state index contributed by atoms with van der Waals surface area (Å²) in [7, 11) is 0.983. The van der Waals surface area contributed by atoms with E-state index in [4.69, 9.17) is 9.47 Å². The molecule has 160 valence electrons. The largest absolute Gasteiger partial charge is 0.453 e. The fraction of sp³-hybridized carbons (Fsp3) is 0.632. The molecule has 2 heterocycles. The van der Waals surface area contributed by atoms with Crippen molar-refractivity contribution in [3.63, 3.8) is 0 Å². The van der Waals surface area contributed by atoms with E-state index in [1.54, 1.807) is 0 Å². The normalized spacial score (nSPS) is 23.0. The Morgan fingerprint density at radius 2 is 1.83 bits per heavy atom. The Bertz CT molecular complexity index is 771. The molecule has 0 radical (unpaired) electrons. The molecule has 3 rings (SSSR count). The van der Waals surface area contributed by atoms with E-state index in [-0.39, 0.29) is 29.2 Å². The van der Waals surface area contributed by atoms with Crippen LogP contribution in [0.1, 0.15) is 43.9 Å². The molecule has 2 atom stereocenters. The molecule has 5 N–H and O–H groups in total. The van der Waals surface area contributed by atoms with E-state index in [0.29, 0.717) is 25.3 Å². The Kier molecular flexibility index (Phi) is 5.97. The maximum Gasteiger partial charge on any atom is 0.453 e. The van der Waals surface area contributed by atoms with Gasteiger partial charge in [-0.15, -0.1) is 0 Å². The monoisotopic (exact) mass is 409 g/mol. The summed E-state index contributed by atoms with van der Waals surface area (Å²) >= 11 is 0. The summed E-state index contributed by atoms with van der Waals surface area (Å²) in [5.41, 5.74) is 1.57. The smallest absolute Gasteiger partial charge is 0.444 e. The van der Waals surface area contributed by atoms with E-state index in [1.165, 1.54) is 12.1 Å². The van der Waals surface area contributed by atoms with Crippen LogP contribution in [0.5, 0.6) is 11.5 Å². The Balaban J connectivity index is 1.95. The second-order valence-electron chi connectivity index (χ2n) is 8.47. The lowest BCUT2D eigenvalue weighted by Gasteiger charge is -2.43. The second kappa shape index (κ2) is 7.86. The maximum absolute atomic E-state index is 12.7. The van der Waals surface area contributed by atoms with E-state index in [9.17, 15) is 30.3 Å². The molecule has 9 nitrogen and oxygen atoms in total. The van der Waals surface area contributed by atoms with Crippen molar-refractivity contribution in [1.82, 2.24) is 4.90 Å². The Morgan fingerprint density at radius 1 is 1.17 bits per heavy atom. The molecular formula is C19H28BNO8. The van der Waals surface area contributed by atoms with Crippen molar-refractivity contribution in [3.8, 4) is 11.5 Å². The lowest BCUT2D eigenvalue weighted by Crippen LogP contribution is -2.46. The summed E-state index contributed by atoms with van der Waals surface area (Å²) in [5, 5.41) is 46.8. The zero-order chi connectivity index (χ0) is 21.6. The van der Waals surface area contributed by atoms with Crippen LogP contribution in [0.4, 0.5) is 0 Å². The number of benzene rings is 1. The molecule has 0 aliphatic carbocycles. The average molecular weight is 409 g/mol. The van der Waals surface area contributed by atoms with Crippen LogP contribution in [0.3, 0.4) is 0 Å². The maximum atomic E-state index is 12.7. The van der Waals surface area contributed by atoms with Crippen molar-refractivity contribution in [2.45, 2.75) is 51.2 Å². The first-order valence-corrected chi connectivity index (χ1v) is 9.76. The third kappa shape index (κ3) is 5.47. The number of hydrogen-bond donors (Lipinski definition) is 5. The van der Waals surface area contributed by atoms with Crippen LogP contribution < -0.4 is 9.47 Å². The number of nitrogens with zero attached hydrogens (tertiary/aromatic N) is 1. The molecule has 1 aromatic rings. The first kappa shape index (κ1) is 22.0. The highest BCUT2D eigenvalue weighted by molar-refractivity contribution is 6.12. The van der Waals surface area contributed by atoms with Gasteiger partial charge in [0.25, 0.3) is 5.87 Å². The Hall–Kier alpha value is -1.69. The Morgan fingerprint density at radius 3 is 2.41 bits per heavy atom. The van der Waals surface area contributed by atoms with Gasteiger partial charge in [0.1, 0.15) is 5.78 Å². The molecule has 1 aromatic carbocycles. The molecule has 2 aliphatic rings. The minimum Gasteiger partial charge on any atom is -0.444 e. The first-order chi connectivity index (χ1) is 13.3. The molecule has 0 bridgehead atoms. The van der Waals surface area contributed by atoms with Crippen LogP contribution in [0.2, 0.25) is 0 Å². The molecule has 0 spiro atoms. The number of fused-ring (bicyclic) bond motifs is 3. The highest BCUT2D eigenvalue weighted by Crippen LogP contribution is 2.43. The van der Waals surface area contributed by atoms with Gasteiger partial charge in [0.2, 0.25) is 7.85 Å². The van der Waals surface area contributed by atoms with E-state index < -0.39 is 12.0 Å². The van der Waals surface area contributed by atoms with Gasteiger partial charge < -0.3 is 35.0 Å². The minimum atomic E-state index is -3.48. The van der Waals surface area contributed by atoms with Crippen molar-refractivity contribution in [2.24, 2.45) is 11.8 Å². The van der Waals surface area contributed by atoms with Gasteiger partial charge in [0.05, 0.1) is 0 Å². The highest BCUT2D eigenvalue weighted by atomic mass is 16.9. The van der Waals surface area contributed by atoms with Crippen LogP contribution in [-0.4, -0.2) is 69.2 Å². The predicted molar refractivity (Wildman–Crippen MR) is 103 cm³/mol. The lowest BCUT2D eigenvalue weighted by molar-refractivity contribution is -0.420. The van der Waals surface area contributed by atoms with Crippen molar-refractivity contribution >= 4 is 13.6 Å². The molecule has 0 amide bonds. The minimum absolute atomic E-state index is 0.00409. The van der Waals surface area contributed by atoms with Gasteiger partial charge in [-0.2, -0.15) is 0 Å². The van der Waals surface area contributed by atoms with E-state index >= 15 is 0 Å². The molecular weight excluding hydrogens is 381 g/mol. The standard InChI is InChI=1S/C19H28BNO8/c1-10(2)5-12-9-21-4-3-11-6-16(28-18(20,23)24)17(29-19(25,26)27)7-13(11)14(21)8-15(12)22/h6-7,10,12,14,23-27H,3-5,8-9,20H2,1-2H3. The van der Waals surface area contributed by atoms with Gasteiger partial charge in [-0.3, -0.25) is 9.69 Å². The second-order valence-corrected chi connectivity index (χ2v) is 8.47. The van der Waals surface area contributed by atoms with Gasteiger partial charge >= 0.3 is 6.16 Å². The van der Waals surface area contributed by atoms with Crippen LogP contribution in [0, 0.1) is 11.8 Å². The topological polar surface area (TPSA) is 140 Å². The van der Waals surface area contributed by atoms with Crippen LogP contribution in [-0.2, 0) is 11.2 Å². The molecule has 2 unspecified atom stereocenters. The Labute approximate surface area is 169 Å². The zero-order valence-electron chi connectivity index (χ0n) is 16.8. The van der Waals surface area contributed by atoms with Gasteiger partial charge in [-0.25, -0.2) is 0 Å². The summed E-state index contributed by atoms with van der Waals surface area (Å²) in [5.74, 6) is -2.39. The number of ketones is 1. The number of aliphatic hydroxyl groups is 5. The van der Waals surface area contributed by atoms with Gasteiger partial charge in [0, 0.05) is 31.5 Å². The van der Waals surface area contributed by atoms with Gasteiger partial charge in [-0.1, -0.05) is 13.8 Å². The highest BCUT2D eigenvalue weighted by Gasteiger charge is 2.39. The zero-order valence-corrected chi connectivity index (χ0v) is 16.8. The molecule has 29 heavy (non-hydrogen) atoms. The van der Waals surface area contributed by atoms with Gasteiger partial charge in [0.15, 0.2) is 11.5 Å². The van der Waals surface area contributed by atoms with Crippen molar-refractivity contribution in [3.05, 3.63) is 23.3 Å². The SMILES string of the molecule is BC(O)(O)Oc1cc2c(cc1OC(O)(O)O)C1CC(=O)C(CC(C)C)CN1CC2. The molecule has 1 fully saturated rings. The van der Waals surface area contributed by atoms with Crippen molar-refractivity contribution < 1.29 is 39.8 Å². The van der Waals surface area contributed by atoms with Crippen LogP contribution >= 0.6 is 0 Å². The van der Waals surface area contributed by atoms with E-state index in [2.05, 4.69) is 18.7 Å². The predicted octanol–water partition coefficient (Wildman–Crippen LogP) is -1.20. The summed E-state index contributed by atoms with van der Waals surface area (Å²) < 4.78 is 9.78. The average Bonchev–Trinajstić information content (AvgIpc) is 2.53. The number of ether oxygens (including phenoxy) is 2. The summed E-state index contributed by atoms with van der Waals surface area (Å²) in [6.45, 7) is 5.58. The fourth-order valence-electron chi connectivity index (χ4n) is 4.25. The number of Topliss-reactive ketones (excluding diaryl/α,β-unsaturated/α-hetero) is 1. The third-order valence-corrected chi connectivity index (χ3v) is 5.28. The number of carbonyl (C=O) groups is 1. The number of piperidine rings is 1. The van der Waals surface area contributed by atoms with Gasteiger partial charge in [-0.05, 0) is 42.0 Å². The summed E-state index contributed by atoms with van der Waals surface area (Å²) in [6.07, 6.45) is -1.68. The molecule has 10 heteroatoms. The first-order valence-electron chi connectivity index (χ1n) is 9.76. The molecule has 2 aliphatic heterocycles. The number of carbonyl (C=O) groups excluding carboxylic acids is 1. The van der Waals surface area contributed by atoms with E-state index in [1.807, 2.05) is 0 Å². The van der Waals surface area contributed by atoms with Crippen LogP contribution in [0.15, 0.2) is 12.1 Å². The lowest BCUT2D eigenvalue weighted by atomic mass is 9.80. The van der Waals surface area contributed by atoms with Crippen molar-refractivity contribution in [1.29, 1.82) is 0 Å². The van der Waals surface area contributed by atoms with Crippen LogP contribution in [0.25, 0.3) is 0 Å². The fourth-order valence-corrected chi connectivity index (χ4v) is 4.25. The van der Waals surface area contributed by atoms with Crippen molar-refractivity contribution in [2.75, 3.05) is 13.1 Å². The molecule has 0 saturated carbocycles.